The van der Waals surface area contributed by atoms with E-state index in [1.165, 1.54) is 0 Å². The van der Waals surface area contributed by atoms with Gasteiger partial charge < -0.3 is 19.7 Å². The Morgan fingerprint density at radius 1 is 1.27 bits per heavy atom. The molecule has 2 aromatic carbocycles. The summed E-state index contributed by atoms with van der Waals surface area (Å²) >= 11 is 0. The minimum absolute atomic E-state index is 0.0181. The minimum atomic E-state index is 0.0181. The van der Waals surface area contributed by atoms with Gasteiger partial charge in [0.25, 0.3) is 5.91 Å². The van der Waals surface area contributed by atoms with E-state index < -0.39 is 0 Å². The van der Waals surface area contributed by atoms with Crippen LogP contribution in [0.5, 0.6) is 5.75 Å². The molecule has 5 nitrogen and oxygen atoms in total. The van der Waals surface area contributed by atoms with Gasteiger partial charge in [-0.25, -0.2) is 0 Å². The lowest BCUT2D eigenvalue weighted by Crippen LogP contribution is -2.53. The largest absolute Gasteiger partial charge is 0.497 e. The van der Waals surface area contributed by atoms with Crippen LogP contribution in [-0.2, 0) is 4.74 Å². The van der Waals surface area contributed by atoms with Crippen molar-refractivity contribution in [2.75, 3.05) is 33.4 Å². The molecule has 0 radical (unpaired) electrons. The van der Waals surface area contributed by atoms with Gasteiger partial charge >= 0.3 is 0 Å². The van der Waals surface area contributed by atoms with Gasteiger partial charge in [0.05, 0.1) is 26.4 Å². The Bertz CT molecular complexity index is 720. The molecule has 1 aliphatic heterocycles. The molecule has 5 heteroatoms. The first-order valence-electron chi connectivity index (χ1n) is 9.00. The van der Waals surface area contributed by atoms with E-state index >= 15 is 0 Å². The van der Waals surface area contributed by atoms with E-state index in [0.717, 1.165) is 16.9 Å². The molecule has 1 N–H and O–H groups in total. The van der Waals surface area contributed by atoms with E-state index in [-0.39, 0.29) is 18.0 Å². The van der Waals surface area contributed by atoms with Gasteiger partial charge in [-0.15, -0.1) is 0 Å². The quantitative estimate of drug-likeness (QED) is 0.867. The lowest BCUT2D eigenvalue weighted by Gasteiger charge is -2.36. The third-order valence-electron chi connectivity index (χ3n) is 4.76. The lowest BCUT2D eigenvalue weighted by atomic mass is 10.1. The van der Waals surface area contributed by atoms with Gasteiger partial charge in [-0.2, -0.15) is 0 Å². The molecule has 26 heavy (non-hydrogen) atoms. The Labute approximate surface area is 154 Å². The van der Waals surface area contributed by atoms with Gasteiger partial charge in [0.2, 0.25) is 0 Å². The number of morpholine rings is 1. The molecule has 1 aliphatic rings. The first kappa shape index (κ1) is 18.4. The van der Waals surface area contributed by atoms with Crippen molar-refractivity contribution in [2.24, 2.45) is 0 Å². The van der Waals surface area contributed by atoms with E-state index in [2.05, 4.69) is 18.3 Å². The maximum absolute atomic E-state index is 12.8. The van der Waals surface area contributed by atoms with Crippen molar-refractivity contribution in [3.63, 3.8) is 0 Å². The van der Waals surface area contributed by atoms with Crippen LogP contribution < -0.4 is 10.1 Å². The molecule has 1 heterocycles. The van der Waals surface area contributed by atoms with Crippen LogP contribution in [0.3, 0.4) is 0 Å². The number of nitrogens with zero attached hydrogens (tertiary/aromatic N) is 1. The topological polar surface area (TPSA) is 50.8 Å². The number of nitrogens with one attached hydrogen (secondary N) is 1. The number of methoxy groups -OCH3 is 1. The van der Waals surface area contributed by atoms with Crippen LogP contribution >= 0.6 is 0 Å². The van der Waals surface area contributed by atoms with Crippen molar-refractivity contribution in [3.8, 4) is 5.75 Å². The molecule has 2 unspecified atom stereocenters. The standard InChI is InChI=1S/C21H26N2O3/c1-16(18-9-6-10-20(13-18)25-2)22-14-19-15-26-12-11-23(19)21(24)17-7-4-3-5-8-17/h3-10,13,16,19,22H,11-12,14-15H2,1-2H3. The van der Waals surface area contributed by atoms with Crippen molar-refractivity contribution < 1.29 is 14.3 Å². The Hall–Kier alpha value is -2.37. The van der Waals surface area contributed by atoms with Gasteiger partial charge in [0, 0.05) is 24.7 Å². The molecule has 1 saturated heterocycles. The summed E-state index contributed by atoms with van der Waals surface area (Å²) in [4.78, 5) is 14.8. The highest BCUT2D eigenvalue weighted by Crippen LogP contribution is 2.19. The first-order valence-corrected chi connectivity index (χ1v) is 9.00. The number of ether oxygens (including phenoxy) is 2. The van der Waals surface area contributed by atoms with E-state index in [4.69, 9.17) is 9.47 Å². The van der Waals surface area contributed by atoms with Crippen LogP contribution in [0, 0.1) is 0 Å². The summed E-state index contributed by atoms with van der Waals surface area (Å²) in [5.41, 5.74) is 1.88. The SMILES string of the molecule is COc1cccc(C(C)NCC2COCCN2C(=O)c2ccccc2)c1. The average molecular weight is 354 g/mol. The second-order valence-electron chi connectivity index (χ2n) is 6.50. The first-order chi connectivity index (χ1) is 12.7. The lowest BCUT2D eigenvalue weighted by molar-refractivity contribution is -0.00205. The summed E-state index contributed by atoms with van der Waals surface area (Å²) in [6.45, 7) is 4.54. The van der Waals surface area contributed by atoms with Crippen LogP contribution in [-0.4, -0.2) is 50.3 Å². The second-order valence-corrected chi connectivity index (χ2v) is 6.50. The Kier molecular flexibility index (Phi) is 6.26. The zero-order valence-electron chi connectivity index (χ0n) is 15.4. The van der Waals surface area contributed by atoms with Gasteiger partial charge in [0.15, 0.2) is 0 Å². The van der Waals surface area contributed by atoms with Crippen molar-refractivity contribution in [2.45, 2.75) is 19.0 Å². The van der Waals surface area contributed by atoms with Crippen molar-refractivity contribution >= 4 is 5.91 Å². The molecule has 0 spiro atoms. The molecular weight excluding hydrogens is 328 g/mol. The normalized spacial score (nSPS) is 18.4. The number of carbonyl (C=O) groups excluding carboxylic acids is 1. The summed E-state index contributed by atoms with van der Waals surface area (Å²) in [5.74, 6) is 0.910. The number of hydrogen-bond acceptors (Lipinski definition) is 4. The zero-order chi connectivity index (χ0) is 18.4. The molecule has 2 aromatic rings. The zero-order valence-corrected chi connectivity index (χ0v) is 15.4. The molecule has 1 fully saturated rings. The summed E-state index contributed by atoms with van der Waals surface area (Å²) < 4.78 is 10.9. The van der Waals surface area contributed by atoms with Crippen molar-refractivity contribution in [1.29, 1.82) is 0 Å². The van der Waals surface area contributed by atoms with Gasteiger partial charge in [0.1, 0.15) is 5.75 Å². The molecule has 0 aromatic heterocycles. The van der Waals surface area contributed by atoms with E-state index in [1.54, 1.807) is 7.11 Å². The van der Waals surface area contributed by atoms with Crippen LogP contribution in [0.2, 0.25) is 0 Å². The van der Waals surface area contributed by atoms with Crippen LogP contribution in [0.4, 0.5) is 0 Å². The van der Waals surface area contributed by atoms with Crippen LogP contribution in [0.15, 0.2) is 54.6 Å². The highest BCUT2D eigenvalue weighted by Gasteiger charge is 2.28. The predicted molar refractivity (Wildman–Crippen MR) is 101 cm³/mol. The van der Waals surface area contributed by atoms with E-state index in [1.807, 2.05) is 53.4 Å². The summed E-state index contributed by atoms with van der Waals surface area (Å²) in [6, 6.07) is 17.6. The molecule has 2 atom stereocenters. The fraction of sp³-hybridized carbons (Fsp3) is 0.381. The highest BCUT2D eigenvalue weighted by molar-refractivity contribution is 5.94. The number of rotatable bonds is 6. The van der Waals surface area contributed by atoms with E-state index in [0.29, 0.717) is 26.3 Å². The van der Waals surface area contributed by atoms with Crippen molar-refractivity contribution in [3.05, 3.63) is 65.7 Å². The fourth-order valence-corrected chi connectivity index (χ4v) is 3.18. The van der Waals surface area contributed by atoms with Crippen LogP contribution in [0.1, 0.15) is 28.9 Å². The van der Waals surface area contributed by atoms with Gasteiger partial charge in [-0.3, -0.25) is 4.79 Å². The maximum Gasteiger partial charge on any atom is 0.254 e. The Balaban J connectivity index is 1.64. The molecule has 0 aliphatic carbocycles. The monoisotopic (exact) mass is 354 g/mol. The smallest absolute Gasteiger partial charge is 0.254 e. The third-order valence-corrected chi connectivity index (χ3v) is 4.76. The van der Waals surface area contributed by atoms with Gasteiger partial charge in [-0.05, 0) is 36.8 Å². The average Bonchev–Trinajstić information content (AvgIpc) is 2.72. The Morgan fingerprint density at radius 2 is 2.08 bits per heavy atom. The fourth-order valence-electron chi connectivity index (χ4n) is 3.18. The molecule has 0 saturated carbocycles. The number of carbonyl (C=O) groups is 1. The highest BCUT2D eigenvalue weighted by atomic mass is 16.5. The number of amides is 1. The summed E-state index contributed by atoms with van der Waals surface area (Å²) in [5, 5.41) is 3.53. The molecule has 1 amide bonds. The van der Waals surface area contributed by atoms with Crippen LogP contribution in [0.25, 0.3) is 0 Å². The second kappa shape index (κ2) is 8.83. The summed E-state index contributed by atoms with van der Waals surface area (Å²) in [7, 11) is 1.67. The summed E-state index contributed by atoms with van der Waals surface area (Å²) in [6.07, 6.45) is 0. The third kappa shape index (κ3) is 4.42. The molecule has 0 bridgehead atoms. The maximum atomic E-state index is 12.8. The molecular formula is C21H26N2O3. The van der Waals surface area contributed by atoms with Gasteiger partial charge in [-0.1, -0.05) is 30.3 Å². The Morgan fingerprint density at radius 3 is 2.85 bits per heavy atom. The minimum Gasteiger partial charge on any atom is -0.497 e. The molecule has 138 valence electrons. The number of hydrogen-bond donors (Lipinski definition) is 1. The van der Waals surface area contributed by atoms with Crippen molar-refractivity contribution in [1.82, 2.24) is 10.2 Å². The number of benzene rings is 2. The predicted octanol–water partition coefficient (Wildman–Crippen LogP) is 2.89. The van der Waals surface area contributed by atoms with E-state index in [9.17, 15) is 4.79 Å². The molecule has 3 rings (SSSR count).